The average molecular weight is 703 g/mol. The first-order chi connectivity index (χ1) is 15.9. The van der Waals surface area contributed by atoms with Gasteiger partial charge < -0.3 is 25.3 Å². The summed E-state index contributed by atoms with van der Waals surface area (Å²) in [6.45, 7) is 0.355. The largest absolute Gasteiger partial charge is 0.666 e. The molecule has 0 fully saturated rings. The van der Waals surface area contributed by atoms with Gasteiger partial charge in [-0.2, -0.15) is 0 Å². The second-order valence-electron chi connectivity index (χ2n) is 7.15. The fourth-order valence-electron chi connectivity index (χ4n) is 3.17. The van der Waals surface area contributed by atoms with E-state index in [0.29, 0.717) is 42.3 Å². The predicted molar refractivity (Wildman–Crippen MR) is 128 cm³/mol. The van der Waals surface area contributed by atoms with E-state index in [2.05, 4.69) is 5.32 Å². The summed E-state index contributed by atoms with van der Waals surface area (Å²) >= 11 is 0. The Bertz CT molecular complexity index is 894. The molecule has 0 aliphatic rings. The van der Waals surface area contributed by atoms with Crippen LogP contribution in [0.1, 0.15) is 24.0 Å². The van der Waals surface area contributed by atoms with Gasteiger partial charge in [0.25, 0.3) is 0 Å². The SMILES string of the molecule is CNC(=O)CCCOc1cc(OC)c(CN(OP)C(=O)[C@@H]([NH-])Cc2ccccc2)c(OC)c1.[Ac]. The molecule has 2 N–H and O–H groups in total. The molecule has 0 spiro atoms. The van der Waals surface area contributed by atoms with E-state index in [4.69, 9.17) is 24.6 Å². The monoisotopic (exact) mass is 703 g/mol. The number of amides is 2. The summed E-state index contributed by atoms with van der Waals surface area (Å²) < 4.78 is 22.0. The second kappa shape index (κ2) is 16.3. The molecular formula is C23H31AcN3O6P-. The van der Waals surface area contributed by atoms with E-state index in [9.17, 15) is 9.59 Å². The van der Waals surface area contributed by atoms with E-state index in [1.54, 1.807) is 19.2 Å². The average Bonchev–Trinajstić information content (AvgIpc) is 2.84. The maximum absolute atomic E-state index is 12.9. The Morgan fingerprint density at radius 1 is 1.12 bits per heavy atom. The predicted octanol–water partition coefficient (Wildman–Crippen LogP) is 3.32. The van der Waals surface area contributed by atoms with Crippen molar-refractivity contribution in [2.45, 2.75) is 31.8 Å². The molecule has 1 radical (unpaired) electrons. The summed E-state index contributed by atoms with van der Waals surface area (Å²) in [5.74, 6) is 0.857. The van der Waals surface area contributed by atoms with Crippen molar-refractivity contribution in [3.05, 3.63) is 59.3 Å². The van der Waals surface area contributed by atoms with Crippen molar-refractivity contribution in [3.63, 3.8) is 0 Å². The molecule has 183 valence electrons. The fourth-order valence-corrected chi connectivity index (χ4v) is 3.35. The van der Waals surface area contributed by atoms with Gasteiger partial charge in [-0.05, 0) is 18.4 Å². The molecule has 9 nitrogen and oxygen atoms in total. The Labute approximate surface area is 238 Å². The van der Waals surface area contributed by atoms with E-state index in [0.717, 1.165) is 10.6 Å². The minimum atomic E-state index is -1.03. The van der Waals surface area contributed by atoms with Gasteiger partial charge in [0.05, 0.1) is 32.9 Å². The van der Waals surface area contributed by atoms with Crippen LogP contribution in [0.15, 0.2) is 42.5 Å². The molecular weight excluding hydrogens is 672 g/mol. The van der Waals surface area contributed by atoms with Crippen LogP contribution < -0.4 is 19.5 Å². The van der Waals surface area contributed by atoms with Gasteiger partial charge in [0.1, 0.15) is 17.2 Å². The first kappa shape index (κ1) is 30.6. The fraction of sp³-hybridized carbons (Fsp3) is 0.391. The van der Waals surface area contributed by atoms with Crippen LogP contribution in [0.5, 0.6) is 17.2 Å². The van der Waals surface area contributed by atoms with Crippen molar-refractivity contribution in [1.29, 1.82) is 0 Å². The number of methoxy groups -OCH3 is 2. The number of rotatable bonds is 13. The number of hydroxylamine groups is 2. The molecule has 0 saturated carbocycles. The molecule has 2 rings (SSSR count). The number of carbonyl (C=O) groups is 2. The third kappa shape index (κ3) is 9.32. The van der Waals surface area contributed by atoms with Crippen molar-refractivity contribution in [1.82, 2.24) is 10.4 Å². The number of hydrogen-bond donors (Lipinski definition) is 1. The molecule has 2 aromatic rings. The Balaban J connectivity index is 0.00000578. The summed E-state index contributed by atoms with van der Waals surface area (Å²) in [5.41, 5.74) is 9.75. The van der Waals surface area contributed by atoms with Crippen LogP contribution in [0.3, 0.4) is 0 Å². The van der Waals surface area contributed by atoms with Gasteiger partial charge in [-0.25, -0.2) is 5.06 Å². The number of carbonyl (C=O) groups excluding carboxylic acids is 2. The van der Waals surface area contributed by atoms with Gasteiger partial charge in [-0.15, -0.1) is 0 Å². The zero-order chi connectivity index (χ0) is 24.2. The standard InChI is InChI=1S/C23H31N3O6P.Ac/c1-25-22(27)10-7-11-31-17-13-20(29-2)18(21(14-17)30-3)15-26(32-33)23(28)19(24)12-16-8-5-4-6-9-16;/h4-6,8-9,13-14,19,24H,7,10-12,15,33H2,1-3H3,(H,25,27);/q-1;/t19-;/m0./s1. The molecule has 0 aliphatic heterocycles. The number of hydrogen-bond acceptors (Lipinski definition) is 6. The molecule has 0 aliphatic carbocycles. The van der Waals surface area contributed by atoms with Gasteiger partial charge in [-0.1, -0.05) is 36.4 Å². The van der Waals surface area contributed by atoms with Crippen molar-refractivity contribution in [2.75, 3.05) is 27.9 Å². The van der Waals surface area contributed by atoms with Gasteiger partial charge in [0.2, 0.25) is 11.8 Å². The van der Waals surface area contributed by atoms with Crippen LogP contribution in [0.25, 0.3) is 5.73 Å². The molecule has 0 heterocycles. The number of benzene rings is 2. The molecule has 0 saturated heterocycles. The molecule has 0 aromatic heterocycles. The number of nitrogens with one attached hydrogen (secondary N) is 2. The Morgan fingerprint density at radius 3 is 2.26 bits per heavy atom. The van der Waals surface area contributed by atoms with Crippen LogP contribution in [-0.2, 0) is 27.2 Å². The topological polar surface area (TPSA) is 110 Å². The van der Waals surface area contributed by atoms with Crippen LogP contribution >= 0.6 is 9.47 Å². The van der Waals surface area contributed by atoms with E-state index >= 15 is 0 Å². The summed E-state index contributed by atoms with van der Waals surface area (Å²) in [6, 6.07) is 11.7. The molecule has 2 amide bonds. The Hall–Kier alpha value is -1.43. The maximum Gasteiger partial charge on any atom is 0.229 e. The number of nitrogens with zero attached hydrogens (tertiary/aromatic N) is 1. The zero-order valence-corrected chi connectivity index (χ0v) is 25.6. The third-order valence-electron chi connectivity index (χ3n) is 4.93. The van der Waals surface area contributed by atoms with Crippen LogP contribution in [0.4, 0.5) is 0 Å². The van der Waals surface area contributed by atoms with E-state index in [-0.39, 0.29) is 62.9 Å². The van der Waals surface area contributed by atoms with Gasteiger partial charge >= 0.3 is 0 Å². The third-order valence-corrected chi connectivity index (χ3v) is 5.19. The van der Waals surface area contributed by atoms with Gasteiger partial charge in [0.15, 0.2) is 0 Å². The quantitative estimate of drug-likeness (QED) is 0.195. The molecule has 11 heteroatoms. The molecule has 0 bridgehead atoms. The molecule has 34 heavy (non-hydrogen) atoms. The van der Waals surface area contributed by atoms with Crippen LogP contribution in [-0.4, -0.2) is 50.8 Å². The summed E-state index contributed by atoms with van der Waals surface area (Å²) in [6.07, 6.45) is 1.19. The van der Waals surface area contributed by atoms with Crippen LogP contribution in [0, 0.1) is 44.1 Å². The van der Waals surface area contributed by atoms with Gasteiger partial charge in [0, 0.05) is 79.1 Å². The van der Waals surface area contributed by atoms with Crippen LogP contribution in [0.2, 0.25) is 0 Å². The van der Waals surface area contributed by atoms with Crippen molar-refractivity contribution < 1.29 is 72.5 Å². The number of ether oxygens (including phenoxy) is 3. The first-order valence-corrected chi connectivity index (χ1v) is 10.9. The summed E-state index contributed by atoms with van der Waals surface area (Å²) in [4.78, 5) is 24.2. The first-order valence-electron chi connectivity index (χ1n) is 10.4. The Morgan fingerprint density at radius 2 is 1.74 bits per heavy atom. The smallest absolute Gasteiger partial charge is 0.229 e. The van der Waals surface area contributed by atoms with Crippen molar-refractivity contribution in [3.8, 4) is 17.2 Å². The normalized spacial score (nSPS) is 11.1. The van der Waals surface area contributed by atoms with E-state index < -0.39 is 11.9 Å². The minimum Gasteiger partial charge on any atom is -0.666 e. The maximum atomic E-state index is 12.9. The van der Waals surface area contributed by atoms with E-state index in [1.165, 1.54) is 14.2 Å². The molecule has 2 atom stereocenters. The zero-order valence-electron chi connectivity index (χ0n) is 19.7. The summed E-state index contributed by atoms with van der Waals surface area (Å²) in [5, 5.41) is 3.66. The Kier molecular flexibility index (Phi) is 14.7. The molecule has 1 unspecified atom stereocenters. The minimum absolute atomic E-state index is 0. The molecule has 2 aromatic carbocycles. The van der Waals surface area contributed by atoms with Gasteiger partial charge in [-0.3, -0.25) is 14.2 Å². The van der Waals surface area contributed by atoms with Crippen molar-refractivity contribution >= 4 is 21.3 Å². The second-order valence-corrected chi connectivity index (χ2v) is 7.36. The summed E-state index contributed by atoms with van der Waals surface area (Å²) in [7, 11) is 6.65. The van der Waals surface area contributed by atoms with E-state index in [1.807, 2.05) is 39.8 Å². The van der Waals surface area contributed by atoms with Crippen molar-refractivity contribution in [2.24, 2.45) is 0 Å².